The van der Waals surface area contributed by atoms with Crippen molar-refractivity contribution < 1.29 is 14.4 Å². The molecule has 1 aliphatic heterocycles. The first-order valence-electron chi connectivity index (χ1n) is 8.00. The van der Waals surface area contributed by atoms with Crippen LogP contribution in [-0.4, -0.2) is 40.3 Å². The van der Waals surface area contributed by atoms with Crippen LogP contribution in [0.3, 0.4) is 0 Å². The molecule has 2 rings (SSSR count). The molecule has 0 aromatic carbocycles. The Hall–Kier alpha value is -1.83. The van der Waals surface area contributed by atoms with Gasteiger partial charge in [-0.15, -0.1) is 0 Å². The van der Waals surface area contributed by atoms with Crippen molar-refractivity contribution in [2.75, 3.05) is 13.1 Å². The molecule has 7 nitrogen and oxygen atoms in total. The summed E-state index contributed by atoms with van der Waals surface area (Å²) in [6, 6.07) is 1.68. The van der Waals surface area contributed by atoms with Gasteiger partial charge in [0.1, 0.15) is 5.69 Å². The van der Waals surface area contributed by atoms with E-state index in [1.54, 1.807) is 28.8 Å². The van der Waals surface area contributed by atoms with Crippen LogP contribution < -0.4 is 10.9 Å². The van der Waals surface area contributed by atoms with Gasteiger partial charge in [0.15, 0.2) is 0 Å². The Kier molecular flexibility index (Phi) is 6.04. The number of halogens is 1. The fourth-order valence-electron chi connectivity index (χ4n) is 2.76. The van der Waals surface area contributed by atoms with Crippen molar-refractivity contribution in [3.63, 3.8) is 0 Å². The van der Waals surface area contributed by atoms with Crippen LogP contribution in [0.25, 0.3) is 0 Å². The summed E-state index contributed by atoms with van der Waals surface area (Å²) < 4.78 is 2.46. The van der Waals surface area contributed by atoms with Crippen molar-refractivity contribution >= 4 is 33.7 Å². The zero-order valence-corrected chi connectivity index (χ0v) is 15.7. The van der Waals surface area contributed by atoms with Crippen LogP contribution in [0.1, 0.15) is 37.2 Å². The van der Waals surface area contributed by atoms with Gasteiger partial charge in [0, 0.05) is 42.6 Å². The van der Waals surface area contributed by atoms with E-state index in [1.165, 1.54) is 0 Å². The highest BCUT2D eigenvalue weighted by molar-refractivity contribution is 9.10. The van der Waals surface area contributed by atoms with Gasteiger partial charge < -0.3 is 9.47 Å². The van der Waals surface area contributed by atoms with Crippen LogP contribution in [0, 0.1) is 11.8 Å². The Morgan fingerprint density at radius 1 is 1.21 bits per heavy atom. The largest absolute Gasteiger partial charge is 0.345 e. The van der Waals surface area contributed by atoms with E-state index in [2.05, 4.69) is 26.8 Å². The van der Waals surface area contributed by atoms with Gasteiger partial charge in [-0.3, -0.25) is 25.2 Å². The monoisotopic (exact) mass is 398 g/mol. The third-order valence-corrected chi connectivity index (χ3v) is 4.61. The minimum atomic E-state index is -0.371. The average Bonchev–Trinajstić information content (AvgIpc) is 2.90. The number of carbonyl (C=O) groups excluding carboxylic acids is 3. The fraction of sp³-hybridized carbons (Fsp3) is 0.562. The van der Waals surface area contributed by atoms with Crippen molar-refractivity contribution in [2.45, 2.75) is 26.7 Å². The number of likely N-dealkylation sites (tertiary alicyclic amines) is 1. The summed E-state index contributed by atoms with van der Waals surface area (Å²) in [5, 5.41) is 0. The minimum Gasteiger partial charge on any atom is -0.345 e. The molecule has 1 fully saturated rings. The molecule has 0 saturated carbocycles. The topological polar surface area (TPSA) is 83.4 Å². The Bertz CT molecular complexity index is 633. The van der Waals surface area contributed by atoms with Crippen LogP contribution >= 0.6 is 15.9 Å². The highest BCUT2D eigenvalue weighted by Gasteiger charge is 2.28. The summed E-state index contributed by atoms with van der Waals surface area (Å²) in [5.74, 6) is -0.686. The van der Waals surface area contributed by atoms with Crippen LogP contribution in [0.4, 0.5) is 0 Å². The molecule has 8 heteroatoms. The maximum atomic E-state index is 12.2. The lowest BCUT2D eigenvalue weighted by Crippen LogP contribution is -2.48. The molecule has 0 atom stereocenters. The summed E-state index contributed by atoms with van der Waals surface area (Å²) in [4.78, 5) is 38.0. The Labute approximate surface area is 149 Å². The SMILES string of the molecule is CC(C)C(=O)N1CCC(C(=O)NNC(=O)c2cc(Br)cn2C)CC1. The first-order chi connectivity index (χ1) is 11.3. The van der Waals surface area contributed by atoms with Gasteiger partial charge in [0.05, 0.1) is 0 Å². The number of aromatic nitrogens is 1. The molecule has 0 radical (unpaired) electrons. The van der Waals surface area contributed by atoms with E-state index in [-0.39, 0.29) is 29.6 Å². The molecular weight excluding hydrogens is 376 g/mol. The van der Waals surface area contributed by atoms with Crippen LogP contribution in [-0.2, 0) is 16.6 Å². The van der Waals surface area contributed by atoms with E-state index in [0.29, 0.717) is 31.6 Å². The van der Waals surface area contributed by atoms with E-state index in [9.17, 15) is 14.4 Å². The molecule has 132 valence electrons. The second-order valence-corrected chi connectivity index (χ2v) is 7.27. The number of hydrogen-bond donors (Lipinski definition) is 2. The van der Waals surface area contributed by atoms with E-state index in [0.717, 1.165) is 4.47 Å². The Morgan fingerprint density at radius 2 is 1.83 bits per heavy atom. The van der Waals surface area contributed by atoms with Crippen molar-refractivity contribution in [3.05, 3.63) is 22.4 Å². The lowest BCUT2D eigenvalue weighted by atomic mass is 9.95. The van der Waals surface area contributed by atoms with Gasteiger partial charge in [0.2, 0.25) is 11.8 Å². The van der Waals surface area contributed by atoms with Gasteiger partial charge in [0.25, 0.3) is 5.91 Å². The number of nitrogens with zero attached hydrogens (tertiary/aromatic N) is 2. The number of amides is 3. The standard InChI is InChI=1S/C16H23BrN4O3/c1-10(2)16(24)21-6-4-11(5-7-21)14(22)18-19-15(23)13-8-12(17)9-20(13)3/h8-11H,4-7H2,1-3H3,(H,18,22)(H,19,23). The number of carbonyl (C=O) groups is 3. The first kappa shape index (κ1) is 18.5. The Balaban J connectivity index is 1.81. The number of piperidine rings is 1. The molecule has 0 spiro atoms. The molecule has 2 heterocycles. The summed E-state index contributed by atoms with van der Waals surface area (Å²) >= 11 is 3.30. The summed E-state index contributed by atoms with van der Waals surface area (Å²) in [6.45, 7) is 4.90. The zero-order chi connectivity index (χ0) is 17.9. The van der Waals surface area contributed by atoms with Crippen LogP contribution in [0.5, 0.6) is 0 Å². The van der Waals surface area contributed by atoms with E-state index in [4.69, 9.17) is 0 Å². The summed E-state index contributed by atoms with van der Waals surface area (Å²) in [5.41, 5.74) is 5.37. The summed E-state index contributed by atoms with van der Waals surface area (Å²) in [6.07, 6.45) is 2.98. The van der Waals surface area contributed by atoms with E-state index < -0.39 is 0 Å². The minimum absolute atomic E-state index is 0.0284. The highest BCUT2D eigenvalue weighted by Crippen LogP contribution is 2.19. The zero-order valence-electron chi connectivity index (χ0n) is 14.1. The predicted molar refractivity (Wildman–Crippen MR) is 92.9 cm³/mol. The number of hydrogen-bond acceptors (Lipinski definition) is 3. The average molecular weight is 399 g/mol. The lowest BCUT2D eigenvalue weighted by molar-refractivity contribution is -0.138. The fourth-order valence-corrected chi connectivity index (χ4v) is 3.29. The van der Waals surface area contributed by atoms with Gasteiger partial charge in [-0.05, 0) is 34.8 Å². The van der Waals surface area contributed by atoms with Gasteiger partial charge in [-0.1, -0.05) is 13.8 Å². The van der Waals surface area contributed by atoms with Crippen molar-refractivity contribution in [2.24, 2.45) is 18.9 Å². The Morgan fingerprint density at radius 3 is 2.33 bits per heavy atom. The quantitative estimate of drug-likeness (QED) is 0.755. The van der Waals surface area contributed by atoms with Gasteiger partial charge in [-0.2, -0.15) is 0 Å². The number of nitrogens with one attached hydrogen (secondary N) is 2. The smallest absolute Gasteiger partial charge is 0.286 e. The number of hydrazine groups is 1. The molecule has 0 bridgehead atoms. The molecule has 24 heavy (non-hydrogen) atoms. The second kappa shape index (κ2) is 7.83. The third-order valence-electron chi connectivity index (χ3n) is 4.17. The maximum absolute atomic E-state index is 12.2. The molecule has 1 saturated heterocycles. The second-order valence-electron chi connectivity index (χ2n) is 6.35. The molecule has 0 unspecified atom stereocenters. The molecule has 1 aromatic rings. The number of rotatable bonds is 3. The molecule has 3 amide bonds. The predicted octanol–water partition coefficient (Wildman–Crippen LogP) is 1.44. The molecule has 1 aromatic heterocycles. The summed E-state index contributed by atoms with van der Waals surface area (Å²) in [7, 11) is 1.75. The van der Waals surface area contributed by atoms with E-state index in [1.807, 2.05) is 13.8 Å². The normalized spacial score (nSPS) is 15.5. The molecular formula is C16H23BrN4O3. The van der Waals surface area contributed by atoms with Crippen molar-refractivity contribution in [3.8, 4) is 0 Å². The first-order valence-corrected chi connectivity index (χ1v) is 8.79. The molecule has 1 aliphatic rings. The van der Waals surface area contributed by atoms with Crippen LogP contribution in [0.15, 0.2) is 16.7 Å². The van der Waals surface area contributed by atoms with E-state index >= 15 is 0 Å². The molecule has 0 aliphatic carbocycles. The highest BCUT2D eigenvalue weighted by atomic mass is 79.9. The van der Waals surface area contributed by atoms with Crippen molar-refractivity contribution in [1.29, 1.82) is 0 Å². The third kappa shape index (κ3) is 4.37. The van der Waals surface area contributed by atoms with Gasteiger partial charge >= 0.3 is 0 Å². The number of aryl methyl sites for hydroxylation is 1. The lowest BCUT2D eigenvalue weighted by Gasteiger charge is -2.32. The van der Waals surface area contributed by atoms with Crippen LogP contribution in [0.2, 0.25) is 0 Å². The van der Waals surface area contributed by atoms with Crippen molar-refractivity contribution in [1.82, 2.24) is 20.3 Å². The maximum Gasteiger partial charge on any atom is 0.286 e. The van der Waals surface area contributed by atoms with Gasteiger partial charge in [-0.25, -0.2) is 0 Å². The molecule has 2 N–H and O–H groups in total.